The molecule has 0 spiro atoms. The summed E-state index contributed by atoms with van der Waals surface area (Å²) in [5.74, 6) is 0.962. The van der Waals surface area contributed by atoms with E-state index in [2.05, 4.69) is 27.8 Å². The highest BCUT2D eigenvalue weighted by molar-refractivity contribution is 7.99. The Morgan fingerprint density at radius 3 is 2.81 bits per heavy atom. The Balaban J connectivity index is 1.67. The smallest absolute Gasteiger partial charge is 0.232 e. The van der Waals surface area contributed by atoms with Crippen molar-refractivity contribution in [3.05, 3.63) is 52.0 Å². The van der Waals surface area contributed by atoms with Gasteiger partial charge in [-0.2, -0.15) is 0 Å². The predicted molar refractivity (Wildman–Crippen MR) is 90.8 cm³/mol. The van der Waals surface area contributed by atoms with Gasteiger partial charge in [0.1, 0.15) is 0 Å². The molecule has 0 fully saturated rings. The van der Waals surface area contributed by atoms with Crippen LogP contribution in [0.4, 0.5) is 0 Å². The summed E-state index contributed by atoms with van der Waals surface area (Å²) in [6.45, 7) is 4.60. The standard InChI is InChI=1S/C16H20N2OS2/c1-12(20-10-14-6-4-3-5-7-14)16(19)17-9-8-15-11-21-13(2)18-15/h3-7,11-12H,8-10H2,1-2H3,(H,17,19)/t12-/m1/s1. The molecule has 0 aliphatic heterocycles. The predicted octanol–water partition coefficient (Wildman–Crippen LogP) is 3.43. The van der Waals surface area contributed by atoms with Gasteiger partial charge < -0.3 is 5.32 Å². The van der Waals surface area contributed by atoms with Crippen molar-refractivity contribution in [2.24, 2.45) is 0 Å². The lowest BCUT2D eigenvalue weighted by Gasteiger charge is -2.11. The molecule has 5 heteroatoms. The summed E-state index contributed by atoms with van der Waals surface area (Å²) in [6, 6.07) is 10.2. The molecule has 1 heterocycles. The lowest BCUT2D eigenvalue weighted by Crippen LogP contribution is -2.32. The van der Waals surface area contributed by atoms with Crippen molar-refractivity contribution < 1.29 is 4.79 Å². The molecular weight excluding hydrogens is 300 g/mol. The molecule has 0 aliphatic carbocycles. The fourth-order valence-electron chi connectivity index (χ4n) is 1.85. The molecule has 1 amide bonds. The fourth-order valence-corrected chi connectivity index (χ4v) is 3.37. The van der Waals surface area contributed by atoms with E-state index in [0.717, 1.165) is 22.9 Å². The van der Waals surface area contributed by atoms with Gasteiger partial charge in [-0.05, 0) is 19.4 Å². The monoisotopic (exact) mass is 320 g/mol. The van der Waals surface area contributed by atoms with Gasteiger partial charge in [-0.1, -0.05) is 30.3 Å². The molecule has 2 aromatic rings. The van der Waals surface area contributed by atoms with Crippen LogP contribution in [0.5, 0.6) is 0 Å². The zero-order valence-electron chi connectivity index (χ0n) is 12.3. The largest absolute Gasteiger partial charge is 0.355 e. The molecule has 3 nitrogen and oxygen atoms in total. The minimum atomic E-state index is -0.0395. The lowest BCUT2D eigenvalue weighted by atomic mass is 10.2. The number of aryl methyl sites for hydroxylation is 1. The Morgan fingerprint density at radius 1 is 1.38 bits per heavy atom. The van der Waals surface area contributed by atoms with E-state index in [-0.39, 0.29) is 11.2 Å². The summed E-state index contributed by atoms with van der Waals surface area (Å²) < 4.78 is 0. The molecule has 2 rings (SSSR count). The van der Waals surface area contributed by atoms with Crippen molar-refractivity contribution in [1.82, 2.24) is 10.3 Å². The summed E-state index contributed by atoms with van der Waals surface area (Å²) in [7, 11) is 0. The van der Waals surface area contributed by atoms with E-state index < -0.39 is 0 Å². The average Bonchev–Trinajstić information content (AvgIpc) is 2.91. The molecule has 0 bridgehead atoms. The van der Waals surface area contributed by atoms with Crippen molar-refractivity contribution >= 4 is 29.0 Å². The van der Waals surface area contributed by atoms with Gasteiger partial charge in [0.15, 0.2) is 0 Å². The molecule has 0 unspecified atom stereocenters. The van der Waals surface area contributed by atoms with Crippen molar-refractivity contribution in [3.8, 4) is 0 Å². The first-order valence-electron chi connectivity index (χ1n) is 6.99. The minimum absolute atomic E-state index is 0.0395. The molecule has 112 valence electrons. The number of hydrogen-bond acceptors (Lipinski definition) is 4. The SMILES string of the molecule is Cc1nc(CCNC(=O)[C@@H](C)SCc2ccccc2)cs1. The highest BCUT2D eigenvalue weighted by atomic mass is 32.2. The third-order valence-electron chi connectivity index (χ3n) is 3.06. The number of rotatable bonds is 7. The van der Waals surface area contributed by atoms with Crippen LogP contribution in [0.15, 0.2) is 35.7 Å². The minimum Gasteiger partial charge on any atom is -0.355 e. The van der Waals surface area contributed by atoms with Crippen LogP contribution in [0.3, 0.4) is 0 Å². The molecule has 1 N–H and O–H groups in total. The zero-order valence-corrected chi connectivity index (χ0v) is 14.0. The maximum Gasteiger partial charge on any atom is 0.232 e. The lowest BCUT2D eigenvalue weighted by molar-refractivity contribution is -0.120. The van der Waals surface area contributed by atoms with Crippen LogP contribution < -0.4 is 5.32 Å². The van der Waals surface area contributed by atoms with Crippen LogP contribution in [0.2, 0.25) is 0 Å². The highest BCUT2D eigenvalue weighted by Gasteiger charge is 2.12. The molecule has 1 aromatic carbocycles. The number of hydrogen-bond donors (Lipinski definition) is 1. The van der Waals surface area contributed by atoms with Crippen LogP contribution in [-0.2, 0) is 17.0 Å². The summed E-state index contributed by atoms with van der Waals surface area (Å²) in [5, 5.41) is 6.06. The van der Waals surface area contributed by atoms with Gasteiger partial charge in [-0.25, -0.2) is 4.98 Å². The molecule has 21 heavy (non-hydrogen) atoms. The fraction of sp³-hybridized carbons (Fsp3) is 0.375. The molecule has 0 radical (unpaired) electrons. The van der Waals surface area contributed by atoms with E-state index in [9.17, 15) is 4.79 Å². The van der Waals surface area contributed by atoms with Gasteiger partial charge in [-0.15, -0.1) is 23.1 Å². The van der Waals surface area contributed by atoms with Gasteiger partial charge in [-0.3, -0.25) is 4.79 Å². The number of carbonyl (C=O) groups excluding carboxylic acids is 1. The Morgan fingerprint density at radius 2 is 2.14 bits per heavy atom. The molecular formula is C16H20N2OS2. The van der Waals surface area contributed by atoms with Gasteiger partial charge in [0.05, 0.1) is 16.0 Å². The Bertz CT molecular complexity index is 569. The van der Waals surface area contributed by atoms with Crippen LogP contribution in [-0.4, -0.2) is 22.7 Å². The maximum absolute atomic E-state index is 12.0. The summed E-state index contributed by atoms with van der Waals surface area (Å²) in [4.78, 5) is 16.4. The number of thiazole rings is 1. The van der Waals surface area contributed by atoms with Crippen molar-refractivity contribution in [2.75, 3.05) is 6.54 Å². The Kier molecular flexibility index (Phi) is 6.26. The van der Waals surface area contributed by atoms with Crippen LogP contribution in [0.25, 0.3) is 0 Å². The third kappa shape index (κ3) is 5.52. The van der Waals surface area contributed by atoms with E-state index in [4.69, 9.17) is 0 Å². The second-order valence-electron chi connectivity index (χ2n) is 4.84. The van der Waals surface area contributed by atoms with Crippen LogP contribution in [0.1, 0.15) is 23.2 Å². The quantitative estimate of drug-likeness (QED) is 0.850. The number of thioether (sulfide) groups is 1. The first kappa shape index (κ1) is 16.0. The van der Waals surface area contributed by atoms with Gasteiger partial charge in [0, 0.05) is 24.1 Å². The second-order valence-corrected chi connectivity index (χ2v) is 7.23. The van der Waals surface area contributed by atoms with Crippen LogP contribution >= 0.6 is 23.1 Å². The van der Waals surface area contributed by atoms with E-state index in [0.29, 0.717) is 6.54 Å². The summed E-state index contributed by atoms with van der Waals surface area (Å²) in [5.41, 5.74) is 2.31. The van der Waals surface area contributed by atoms with Crippen molar-refractivity contribution in [1.29, 1.82) is 0 Å². The van der Waals surface area contributed by atoms with E-state index >= 15 is 0 Å². The maximum atomic E-state index is 12.0. The third-order valence-corrected chi connectivity index (χ3v) is 5.10. The average molecular weight is 320 g/mol. The summed E-state index contributed by atoms with van der Waals surface area (Å²) >= 11 is 3.31. The topological polar surface area (TPSA) is 42.0 Å². The molecule has 0 aliphatic rings. The van der Waals surface area contributed by atoms with E-state index in [1.807, 2.05) is 32.0 Å². The Labute approximate surface area is 134 Å². The second kappa shape index (κ2) is 8.20. The Hall–Kier alpha value is -1.33. The van der Waals surface area contributed by atoms with Gasteiger partial charge >= 0.3 is 0 Å². The first-order valence-corrected chi connectivity index (χ1v) is 8.92. The van der Waals surface area contributed by atoms with Gasteiger partial charge in [0.2, 0.25) is 5.91 Å². The molecule has 0 saturated carbocycles. The molecule has 0 saturated heterocycles. The van der Waals surface area contributed by atoms with Gasteiger partial charge in [0.25, 0.3) is 0 Å². The number of aromatic nitrogens is 1. The molecule has 1 aromatic heterocycles. The first-order chi connectivity index (χ1) is 10.1. The number of carbonyl (C=O) groups is 1. The zero-order chi connectivity index (χ0) is 15.1. The van der Waals surface area contributed by atoms with E-state index in [1.165, 1.54) is 5.56 Å². The number of benzene rings is 1. The highest BCUT2D eigenvalue weighted by Crippen LogP contribution is 2.17. The number of amides is 1. The van der Waals surface area contributed by atoms with Crippen molar-refractivity contribution in [2.45, 2.75) is 31.3 Å². The number of nitrogens with one attached hydrogen (secondary N) is 1. The summed E-state index contributed by atoms with van der Waals surface area (Å²) in [6.07, 6.45) is 0.798. The van der Waals surface area contributed by atoms with Crippen LogP contribution in [0, 0.1) is 6.92 Å². The number of nitrogens with zero attached hydrogens (tertiary/aromatic N) is 1. The van der Waals surface area contributed by atoms with E-state index in [1.54, 1.807) is 23.1 Å². The normalized spacial score (nSPS) is 12.1. The van der Waals surface area contributed by atoms with Crippen molar-refractivity contribution in [3.63, 3.8) is 0 Å². The molecule has 1 atom stereocenters.